The number of nitro groups is 3. The van der Waals surface area contributed by atoms with Crippen LogP contribution in [-0.4, -0.2) is 14.8 Å². The molecule has 0 aliphatic rings. The third-order valence-corrected chi connectivity index (χ3v) is 3.94. The summed E-state index contributed by atoms with van der Waals surface area (Å²) in [4.78, 5) is 29.5. The van der Waals surface area contributed by atoms with Crippen LogP contribution in [0.1, 0.15) is 16.7 Å². The van der Waals surface area contributed by atoms with Crippen molar-refractivity contribution in [2.45, 2.75) is 20.8 Å². The van der Waals surface area contributed by atoms with Crippen molar-refractivity contribution < 1.29 is 14.8 Å². The van der Waals surface area contributed by atoms with Gasteiger partial charge in [-0.05, 0) is 20.8 Å². The van der Waals surface area contributed by atoms with Gasteiger partial charge in [-0.25, -0.2) is 0 Å². The van der Waals surface area contributed by atoms with Crippen molar-refractivity contribution in [1.82, 2.24) is 0 Å². The molecule has 9 nitrogen and oxygen atoms in total. The number of aryl methyl sites for hydroxylation is 3. The van der Waals surface area contributed by atoms with Gasteiger partial charge in [0.25, 0.3) is 17.1 Å². The standard InChI is InChI=1S/3C7H7NO2/c3*1-6-4-2-3-5-7(6)8(9)10/h3*2-5H,1H3. The summed E-state index contributed by atoms with van der Waals surface area (Å²) in [5, 5.41) is 30.7. The summed E-state index contributed by atoms with van der Waals surface area (Å²) in [6.45, 7) is 5.16. The Morgan fingerprint density at radius 3 is 0.800 bits per heavy atom. The van der Waals surface area contributed by atoms with E-state index in [4.69, 9.17) is 0 Å². The second-order valence-electron chi connectivity index (χ2n) is 6.13. The van der Waals surface area contributed by atoms with Crippen LogP contribution in [-0.2, 0) is 0 Å². The van der Waals surface area contributed by atoms with Gasteiger partial charge in [0.2, 0.25) is 0 Å². The molecule has 0 saturated heterocycles. The third kappa shape index (κ3) is 7.47. The maximum Gasteiger partial charge on any atom is 0.272 e. The van der Waals surface area contributed by atoms with E-state index in [2.05, 4.69) is 0 Å². The molecule has 0 radical (unpaired) electrons. The van der Waals surface area contributed by atoms with E-state index in [1.807, 2.05) is 0 Å². The Morgan fingerprint density at radius 2 is 0.667 bits per heavy atom. The quantitative estimate of drug-likeness (QED) is 0.401. The van der Waals surface area contributed by atoms with E-state index in [1.54, 1.807) is 75.4 Å². The van der Waals surface area contributed by atoms with E-state index in [0.717, 1.165) is 0 Å². The van der Waals surface area contributed by atoms with Crippen LogP contribution in [0.5, 0.6) is 0 Å². The van der Waals surface area contributed by atoms with Crippen molar-refractivity contribution in [2.75, 3.05) is 0 Å². The molecule has 0 aliphatic heterocycles. The fraction of sp³-hybridized carbons (Fsp3) is 0.143. The number of benzene rings is 3. The molecule has 0 atom stereocenters. The minimum Gasteiger partial charge on any atom is -0.258 e. The molecule has 0 amide bonds. The van der Waals surface area contributed by atoms with Crippen molar-refractivity contribution in [2.24, 2.45) is 0 Å². The second-order valence-corrected chi connectivity index (χ2v) is 6.13. The van der Waals surface area contributed by atoms with Crippen molar-refractivity contribution >= 4 is 17.1 Å². The van der Waals surface area contributed by atoms with E-state index in [0.29, 0.717) is 16.7 Å². The molecule has 0 N–H and O–H groups in total. The zero-order chi connectivity index (χ0) is 22.7. The first-order chi connectivity index (χ1) is 14.1. The molecule has 0 fully saturated rings. The highest BCUT2D eigenvalue weighted by Gasteiger charge is 2.07. The first kappa shape index (κ1) is 23.9. The molecule has 0 aromatic heterocycles. The average molecular weight is 411 g/mol. The predicted octanol–water partition coefficient (Wildman–Crippen LogP) is 5.71. The summed E-state index contributed by atoms with van der Waals surface area (Å²) in [5.41, 5.74) is 2.65. The maximum absolute atomic E-state index is 10.2. The third-order valence-electron chi connectivity index (χ3n) is 3.94. The van der Waals surface area contributed by atoms with Crippen LogP contribution in [0.2, 0.25) is 0 Å². The number of rotatable bonds is 3. The van der Waals surface area contributed by atoms with Crippen molar-refractivity contribution in [3.63, 3.8) is 0 Å². The van der Waals surface area contributed by atoms with Crippen LogP contribution >= 0.6 is 0 Å². The molecular formula is C21H21N3O6. The van der Waals surface area contributed by atoms with Gasteiger partial charge >= 0.3 is 0 Å². The molecule has 3 aromatic rings. The van der Waals surface area contributed by atoms with Gasteiger partial charge in [-0.15, -0.1) is 0 Å². The van der Waals surface area contributed by atoms with E-state index in [-0.39, 0.29) is 31.8 Å². The molecule has 0 spiro atoms. The lowest BCUT2D eigenvalue weighted by Gasteiger charge is -1.92. The van der Waals surface area contributed by atoms with Gasteiger partial charge in [-0.3, -0.25) is 30.3 Å². The van der Waals surface area contributed by atoms with Gasteiger partial charge in [0.15, 0.2) is 0 Å². The Bertz CT molecular complexity index is 905. The second kappa shape index (κ2) is 11.6. The first-order valence-corrected chi connectivity index (χ1v) is 8.75. The van der Waals surface area contributed by atoms with Crippen LogP contribution < -0.4 is 0 Å². The number of para-hydroxylation sites is 3. The van der Waals surface area contributed by atoms with Crippen molar-refractivity contribution in [1.29, 1.82) is 0 Å². The highest BCUT2D eigenvalue weighted by atomic mass is 16.6. The summed E-state index contributed by atoms with van der Waals surface area (Å²) in [7, 11) is 0. The Morgan fingerprint density at radius 1 is 0.467 bits per heavy atom. The van der Waals surface area contributed by atoms with Gasteiger partial charge in [-0.1, -0.05) is 54.6 Å². The molecular weight excluding hydrogens is 390 g/mol. The molecule has 0 bridgehead atoms. The zero-order valence-corrected chi connectivity index (χ0v) is 16.7. The molecule has 30 heavy (non-hydrogen) atoms. The molecule has 156 valence electrons. The summed E-state index contributed by atoms with van der Waals surface area (Å²) in [6.07, 6.45) is 0. The lowest BCUT2D eigenvalue weighted by atomic mass is 10.2. The summed E-state index contributed by atoms with van der Waals surface area (Å²) >= 11 is 0. The van der Waals surface area contributed by atoms with Crippen LogP contribution in [0.3, 0.4) is 0 Å². The van der Waals surface area contributed by atoms with Crippen molar-refractivity contribution in [3.8, 4) is 0 Å². The Labute approximate surface area is 173 Å². The maximum atomic E-state index is 10.2. The lowest BCUT2D eigenvalue weighted by Crippen LogP contribution is -1.89. The molecule has 0 heterocycles. The molecule has 9 heteroatoms. The van der Waals surface area contributed by atoms with E-state index in [1.165, 1.54) is 18.2 Å². The number of nitro benzene ring substituents is 3. The number of nitrogens with zero attached hydrogens (tertiary/aromatic N) is 3. The Balaban J connectivity index is 0.000000225. The smallest absolute Gasteiger partial charge is 0.258 e. The van der Waals surface area contributed by atoms with Crippen molar-refractivity contribution in [3.05, 3.63) is 120 Å². The fourth-order valence-corrected chi connectivity index (χ4v) is 2.30. The Kier molecular flexibility index (Phi) is 9.28. The minimum atomic E-state index is -0.380. The topological polar surface area (TPSA) is 129 Å². The summed E-state index contributed by atoms with van der Waals surface area (Å²) in [5.74, 6) is 0. The van der Waals surface area contributed by atoms with E-state index < -0.39 is 0 Å². The fourth-order valence-electron chi connectivity index (χ4n) is 2.30. The molecule has 3 rings (SSSR count). The van der Waals surface area contributed by atoms with Gasteiger partial charge in [0.1, 0.15) is 0 Å². The van der Waals surface area contributed by atoms with Gasteiger partial charge < -0.3 is 0 Å². The monoisotopic (exact) mass is 411 g/mol. The molecule has 0 aliphatic carbocycles. The van der Waals surface area contributed by atoms with Crippen LogP contribution in [0.25, 0.3) is 0 Å². The van der Waals surface area contributed by atoms with Crippen LogP contribution in [0.4, 0.5) is 17.1 Å². The SMILES string of the molecule is Cc1ccccc1[N+](=O)[O-].Cc1ccccc1[N+](=O)[O-].Cc1ccccc1[N+](=O)[O-]. The van der Waals surface area contributed by atoms with Gasteiger partial charge in [-0.2, -0.15) is 0 Å². The van der Waals surface area contributed by atoms with Crippen LogP contribution in [0.15, 0.2) is 72.8 Å². The number of hydrogen-bond donors (Lipinski definition) is 0. The first-order valence-electron chi connectivity index (χ1n) is 8.75. The molecule has 0 unspecified atom stereocenters. The predicted molar refractivity (Wildman–Crippen MR) is 114 cm³/mol. The largest absolute Gasteiger partial charge is 0.272 e. The van der Waals surface area contributed by atoms with Gasteiger partial charge in [0.05, 0.1) is 14.8 Å². The lowest BCUT2D eigenvalue weighted by molar-refractivity contribution is -0.385. The zero-order valence-electron chi connectivity index (χ0n) is 16.7. The highest BCUT2D eigenvalue weighted by molar-refractivity contribution is 5.39. The van der Waals surface area contributed by atoms with E-state index in [9.17, 15) is 30.3 Å². The average Bonchev–Trinajstić information content (AvgIpc) is 2.69. The molecule has 0 saturated carbocycles. The molecule has 3 aromatic carbocycles. The normalized spacial score (nSPS) is 9.30. The number of hydrogen-bond acceptors (Lipinski definition) is 6. The highest BCUT2D eigenvalue weighted by Crippen LogP contribution is 2.16. The summed E-state index contributed by atoms with van der Waals surface area (Å²) in [6, 6.07) is 20.0. The van der Waals surface area contributed by atoms with E-state index >= 15 is 0 Å². The van der Waals surface area contributed by atoms with Gasteiger partial charge in [0, 0.05) is 34.9 Å². The minimum absolute atomic E-state index is 0.183. The van der Waals surface area contributed by atoms with Crippen LogP contribution in [0, 0.1) is 51.1 Å². The Hall–Kier alpha value is -4.14. The summed E-state index contributed by atoms with van der Waals surface area (Å²) < 4.78 is 0.